The molecule has 1 aliphatic carbocycles. The van der Waals surface area contributed by atoms with Crippen molar-refractivity contribution in [2.45, 2.75) is 43.6 Å². The first-order chi connectivity index (χ1) is 9.98. The van der Waals surface area contributed by atoms with Crippen molar-refractivity contribution in [2.75, 3.05) is 0 Å². The number of nitrogens with zero attached hydrogens (tertiary/aromatic N) is 1. The molecule has 1 spiro atoms. The molecular formula is C15H13F2NO3. The number of carbonyl (C=O) groups excluding carboxylic acids is 2. The van der Waals surface area contributed by atoms with Crippen LogP contribution in [-0.2, 0) is 14.3 Å². The molecule has 2 aliphatic heterocycles. The molecule has 4 nitrogen and oxygen atoms in total. The Morgan fingerprint density at radius 3 is 2.38 bits per heavy atom. The van der Waals surface area contributed by atoms with E-state index in [9.17, 15) is 18.4 Å². The van der Waals surface area contributed by atoms with E-state index in [2.05, 4.69) is 0 Å². The van der Waals surface area contributed by atoms with Crippen molar-refractivity contribution in [1.82, 2.24) is 4.90 Å². The molecule has 0 radical (unpaired) electrons. The summed E-state index contributed by atoms with van der Waals surface area (Å²) in [6.45, 7) is 0. The number of ketones is 1. The van der Waals surface area contributed by atoms with Gasteiger partial charge in [-0.2, -0.15) is 0 Å². The van der Waals surface area contributed by atoms with E-state index in [1.807, 2.05) is 0 Å². The first-order valence-corrected chi connectivity index (χ1v) is 6.97. The van der Waals surface area contributed by atoms with Crippen molar-refractivity contribution in [2.24, 2.45) is 0 Å². The Kier molecular flexibility index (Phi) is 2.52. The molecule has 1 amide bonds. The number of benzene rings is 1. The van der Waals surface area contributed by atoms with E-state index in [1.54, 1.807) is 4.90 Å². The fourth-order valence-corrected chi connectivity index (χ4v) is 3.63. The van der Waals surface area contributed by atoms with Gasteiger partial charge >= 0.3 is 0 Å². The Morgan fingerprint density at radius 1 is 1.10 bits per heavy atom. The molecule has 2 atom stereocenters. The maximum Gasteiger partial charge on any atom is 0.258 e. The Morgan fingerprint density at radius 2 is 1.76 bits per heavy atom. The van der Waals surface area contributed by atoms with Crippen molar-refractivity contribution >= 4 is 11.7 Å². The number of carbonyl (C=O) groups is 2. The summed E-state index contributed by atoms with van der Waals surface area (Å²) in [5.74, 6) is -1.53. The van der Waals surface area contributed by atoms with Crippen LogP contribution in [0.1, 0.15) is 37.3 Å². The molecule has 0 N–H and O–H groups in total. The molecule has 2 saturated heterocycles. The zero-order chi connectivity index (χ0) is 14.8. The van der Waals surface area contributed by atoms with E-state index in [0.717, 1.165) is 6.07 Å². The van der Waals surface area contributed by atoms with Crippen LogP contribution in [0.25, 0.3) is 0 Å². The largest absolute Gasteiger partial charge is 0.341 e. The minimum Gasteiger partial charge on any atom is -0.341 e. The molecule has 21 heavy (non-hydrogen) atoms. The maximum atomic E-state index is 13.4. The molecule has 4 rings (SSSR count). The highest BCUT2D eigenvalue weighted by molar-refractivity contribution is 6.03. The van der Waals surface area contributed by atoms with Gasteiger partial charge in [0.25, 0.3) is 5.91 Å². The molecule has 6 heteroatoms. The number of fused-ring (bicyclic) bond motifs is 1. The Labute approximate surface area is 119 Å². The standard InChI is InChI=1S/C15H13F2NO3/c16-9-3-8(4-10(17)5-9)12-1-2-13-18(12)14(20)15(21-13)6-11(19)7-15/h3-5,12-13H,1-2,6-7H2/t12-,13+/m0/s1. The Hall–Kier alpha value is -1.82. The van der Waals surface area contributed by atoms with Crippen molar-refractivity contribution in [3.8, 4) is 0 Å². The third kappa shape index (κ3) is 1.75. The molecule has 0 unspecified atom stereocenters. The predicted molar refractivity (Wildman–Crippen MR) is 67.0 cm³/mol. The van der Waals surface area contributed by atoms with Crippen LogP contribution in [0.3, 0.4) is 0 Å². The number of hydrogen-bond acceptors (Lipinski definition) is 3. The number of amides is 1. The summed E-state index contributed by atoms with van der Waals surface area (Å²) in [7, 11) is 0. The van der Waals surface area contributed by atoms with Gasteiger partial charge in [-0.05, 0) is 30.5 Å². The van der Waals surface area contributed by atoms with E-state index in [-0.39, 0.29) is 36.8 Å². The summed E-state index contributed by atoms with van der Waals surface area (Å²) in [4.78, 5) is 25.3. The molecule has 1 saturated carbocycles. The number of Topliss-reactive ketones (excluding diaryl/α,β-unsaturated/α-hetero) is 1. The fraction of sp³-hybridized carbons (Fsp3) is 0.467. The summed E-state index contributed by atoms with van der Waals surface area (Å²) >= 11 is 0. The van der Waals surface area contributed by atoms with E-state index in [4.69, 9.17) is 4.74 Å². The Bertz CT molecular complexity index is 632. The number of ether oxygens (including phenoxy) is 1. The lowest BCUT2D eigenvalue weighted by Crippen LogP contribution is -2.52. The predicted octanol–water partition coefficient (Wildman–Crippen LogP) is 2.09. The topological polar surface area (TPSA) is 46.6 Å². The van der Waals surface area contributed by atoms with E-state index in [0.29, 0.717) is 18.4 Å². The number of hydrogen-bond donors (Lipinski definition) is 0. The molecule has 3 aliphatic rings. The van der Waals surface area contributed by atoms with Crippen LogP contribution in [0.2, 0.25) is 0 Å². The summed E-state index contributed by atoms with van der Waals surface area (Å²) < 4.78 is 32.5. The third-order valence-electron chi connectivity index (χ3n) is 4.55. The normalized spacial score (nSPS) is 29.9. The van der Waals surface area contributed by atoms with Crippen LogP contribution >= 0.6 is 0 Å². The van der Waals surface area contributed by atoms with Crippen molar-refractivity contribution in [3.63, 3.8) is 0 Å². The van der Waals surface area contributed by atoms with Gasteiger partial charge in [-0.25, -0.2) is 8.78 Å². The summed E-state index contributed by atoms with van der Waals surface area (Å²) in [5.41, 5.74) is -0.568. The van der Waals surface area contributed by atoms with Gasteiger partial charge < -0.3 is 9.64 Å². The molecule has 2 heterocycles. The highest BCUT2D eigenvalue weighted by Gasteiger charge is 2.62. The monoisotopic (exact) mass is 293 g/mol. The number of halogens is 2. The lowest BCUT2D eigenvalue weighted by molar-refractivity contribution is -0.159. The van der Waals surface area contributed by atoms with Gasteiger partial charge in [0.1, 0.15) is 23.6 Å². The van der Waals surface area contributed by atoms with Gasteiger partial charge in [-0.1, -0.05) is 0 Å². The molecular weight excluding hydrogens is 280 g/mol. The molecule has 0 bridgehead atoms. The lowest BCUT2D eigenvalue weighted by atomic mass is 9.78. The summed E-state index contributed by atoms with van der Waals surface area (Å²) in [6.07, 6.45) is 1.06. The van der Waals surface area contributed by atoms with Crippen molar-refractivity contribution in [1.29, 1.82) is 0 Å². The number of rotatable bonds is 1. The summed E-state index contributed by atoms with van der Waals surface area (Å²) in [5, 5.41) is 0. The zero-order valence-electron chi connectivity index (χ0n) is 11.1. The average molecular weight is 293 g/mol. The smallest absolute Gasteiger partial charge is 0.258 e. The second-order valence-corrected chi connectivity index (χ2v) is 5.97. The third-order valence-corrected chi connectivity index (χ3v) is 4.55. The van der Waals surface area contributed by atoms with E-state index >= 15 is 0 Å². The van der Waals surface area contributed by atoms with Crippen molar-refractivity contribution < 1.29 is 23.1 Å². The van der Waals surface area contributed by atoms with Crippen LogP contribution in [-0.4, -0.2) is 28.4 Å². The van der Waals surface area contributed by atoms with Gasteiger partial charge in [0, 0.05) is 18.9 Å². The molecule has 110 valence electrons. The van der Waals surface area contributed by atoms with E-state index in [1.165, 1.54) is 12.1 Å². The quantitative estimate of drug-likeness (QED) is 0.796. The second-order valence-electron chi connectivity index (χ2n) is 5.97. The van der Waals surface area contributed by atoms with Gasteiger partial charge in [0.2, 0.25) is 0 Å². The Balaban J connectivity index is 1.67. The minimum atomic E-state index is -1.01. The maximum absolute atomic E-state index is 13.4. The van der Waals surface area contributed by atoms with Crippen LogP contribution in [0.4, 0.5) is 8.78 Å². The van der Waals surface area contributed by atoms with Crippen LogP contribution < -0.4 is 0 Å². The van der Waals surface area contributed by atoms with Gasteiger partial charge in [-0.15, -0.1) is 0 Å². The van der Waals surface area contributed by atoms with Crippen LogP contribution in [0.5, 0.6) is 0 Å². The molecule has 0 aromatic heterocycles. The lowest BCUT2D eigenvalue weighted by Gasteiger charge is -2.34. The SMILES string of the molecule is O=C1CC2(C1)O[C@@H]1CC[C@@H](c3cc(F)cc(F)c3)N1C2=O. The highest BCUT2D eigenvalue weighted by Crippen LogP contribution is 2.50. The first-order valence-electron chi connectivity index (χ1n) is 6.97. The molecule has 3 fully saturated rings. The fourth-order valence-electron chi connectivity index (χ4n) is 3.63. The van der Waals surface area contributed by atoms with Gasteiger partial charge in [-0.3, -0.25) is 9.59 Å². The average Bonchev–Trinajstić information content (AvgIpc) is 2.88. The second kappa shape index (κ2) is 4.10. The van der Waals surface area contributed by atoms with Crippen molar-refractivity contribution in [3.05, 3.63) is 35.4 Å². The van der Waals surface area contributed by atoms with E-state index < -0.39 is 17.2 Å². The minimum absolute atomic E-state index is 0.0119. The van der Waals surface area contributed by atoms with Gasteiger partial charge in [0.15, 0.2) is 5.60 Å². The molecule has 1 aromatic carbocycles. The summed E-state index contributed by atoms with van der Waals surface area (Å²) in [6, 6.07) is 2.92. The molecule has 1 aromatic rings. The van der Waals surface area contributed by atoms with Crippen LogP contribution in [0.15, 0.2) is 18.2 Å². The first kappa shape index (κ1) is 12.9. The highest BCUT2D eigenvalue weighted by atomic mass is 19.1. The van der Waals surface area contributed by atoms with Gasteiger partial charge in [0.05, 0.1) is 6.04 Å². The zero-order valence-corrected chi connectivity index (χ0v) is 11.1. The van der Waals surface area contributed by atoms with Crippen LogP contribution in [0, 0.1) is 11.6 Å².